The van der Waals surface area contributed by atoms with Crippen LogP contribution in [-0.4, -0.2) is 22.9 Å². The Hall–Kier alpha value is -0.550. The minimum absolute atomic E-state index is 0.0363. The Morgan fingerprint density at radius 2 is 1.94 bits per heavy atom. The molecule has 0 aliphatic heterocycles. The first-order valence-corrected chi connectivity index (χ1v) is 6.36. The van der Waals surface area contributed by atoms with Crippen LogP contribution < -0.4 is 10.6 Å². The first kappa shape index (κ1) is 14.5. The molecule has 0 heterocycles. The number of hydrogen-bond donors (Lipinski definition) is 3. The highest BCUT2D eigenvalue weighted by molar-refractivity contribution is 7.80. The van der Waals surface area contributed by atoms with Gasteiger partial charge in [0.15, 0.2) is 5.11 Å². The average Bonchev–Trinajstić information content (AvgIpc) is 2.24. The van der Waals surface area contributed by atoms with E-state index >= 15 is 0 Å². The van der Waals surface area contributed by atoms with Crippen molar-refractivity contribution in [3.05, 3.63) is 28.2 Å². The van der Waals surface area contributed by atoms with Gasteiger partial charge in [-0.2, -0.15) is 0 Å². The number of halogens is 2. The molecular formula is C11H14Cl2N2OS. The van der Waals surface area contributed by atoms with E-state index in [0.29, 0.717) is 20.8 Å². The molecule has 0 spiro atoms. The molecule has 0 aliphatic carbocycles. The molecule has 0 unspecified atom stereocenters. The van der Waals surface area contributed by atoms with Gasteiger partial charge in [0.25, 0.3) is 0 Å². The Labute approximate surface area is 116 Å². The summed E-state index contributed by atoms with van der Waals surface area (Å²) in [7, 11) is 0. The van der Waals surface area contributed by atoms with Crippen LogP contribution in [0.5, 0.6) is 0 Å². The van der Waals surface area contributed by atoms with Gasteiger partial charge >= 0.3 is 0 Å². The maximum absolute atomic E-state index is 9.04. The maximum atomic E-state index is 9.04. The van der Waals surface area contributed by atoms with Crippen LogP contribution in [0, 0.1) is 0 Å². The topological polar surface area (TPSA) is 44.3 Å². The van der Waals surface area contributed by atoms with Gasteiger partial charge in [-0.15, -0.1) is 0 Å². The van der Waals surface area contributed by atoms with Crippen molar-refractivity contribution in [2.75, 3.05) is 11.9 Å². The van der Waals surface area contributed by atoms with Gasteiger partial charge in [-0.1, -0.05) is 30.1 Å². The van der Waals surface area contributed by atoms with Crippen molar-refractivity contribution in [2.24, 2.45) is 0 Å². The molecule has 17 heavy (non-hydrogen) atoms. The second-order valence-corrected chi connectivity index (χ2v) is 4.83. The molecule has 3 nitrogen and oxygen atoms in total. The molecule has 0 saturated heterocycles. The van der Waals surface area contributed by atoms with E-state index in [0.717, 1.165) is 6.42 Å². The van der Waals surface area contributed by atoms with Crippen LogP contribution in [0.2, 0.25) is 10.0 Å². The molecule has 0 fully saturated rings. The number of benzene rings is 1. The summed E-state index contributed by atoms with van der Waals surface area (Å²) in [5.74, 6) is 0. The van der Waals surface area contributed by atoms with Gasteiger partial charge in [-0.25, -0.2) is 0 Å². The quantitative estimate of drug-likeness (QED) is 0.747. The Morgan fingerprint density at radius 3 is 2.41 bits per heavy atom. The predicted octanol–water partition coefficient (Wildman–Crippen LogP) is 3.05. The standard InChI is InChI=1S/C11H14Cl2N2OS/c1-2-9(6-16)14-11(17)15-10-4-7(12)3-8(13)5-10/h3-5,9,16H,2,6H2,1H3,(H2,14,15,17)/t9-/m1/s1. The molecule has 0 aliphatic rings. The zero-order chi connectivity index (χ0) is 12.8. The van der Waals surface area contributed by atoms with E-state index in [-0.39, 0.29) is 12.6 Å². The first-order chi connectivity index (χ1) is 8.05. The van der Waals surface area contributed by atoms with Crippen molar-refractivity contribution in [2.45, 2.75) is 19.4 Å². The molecule has 0 amide bonds. The van der Waals surface area contributed by atoms with Gasteiger partial charge in [0, 0.05) is 15.7 Å². The molecular weight excluding hydrogens is 279 g/mol. The summed E-state index contributed by atoms with van der Waals surface area (Å²) in [5, 5.41) is 16.5. The SMILES string of the molecule is CC[C@H](CO)NC(=S)Nc1cc(Cl)cc(Cl)c1. The van der Waals surface area contributed by atoms with Crippen molar-refractivity contribution in [1.29, 1.82) is 0 Å². The lowest BCUT2D eigenvalue weighted by molar-refractivity contribution is 0.253. The molecule has 0 radical (unpaired) electrons. The summed E-state index contributed by atoms with van der Waals surface area (Å²) in [6.07, 6.45) is 0.786. The Morgan fingerprint density at radius 1 is 1.35 bits per heavy atom. The van der Waals surface area contributed by atoms with E-state index in [4.69, 9.17) is 40.5 Å². The fraction of sp³-hybridized carbons (Fsp3) is 0.364. The third-order valence-electron chi connectivity index (χ3n) is 2.17. The van der Waals surface area contributed by atoms with E-state index in [2.05, 4.69) is 10.6 Å². The molecule has 1 aromatic rings. The smallest absolute Gasteiger partial charge is 0.171 e. The molecule has 0 aromatic heterocycles. The van der Waals surface area contributed by atoms with Crippen LogP contribution in [0.3, 0.4) is 0 Å². The van der Waals surface area contributed by atoms with Gasteiger partial charge in [-0.3, -0.25) is 0 Å². The minimum Gasteiger partial charge on any atom is -0.394 e. The average molecular weight is 293 g/mol. The lowest BCUT2D eigenvalue weighted by atomic mass is 10.2. The van der Waals surface area contributed by atoms with Gasteiger partial charge in [0.2, 0.25) is 0 Å². The number of aliphatic hydroxyl groups is 1. The fourth-order valence-electron chi connectivity index (χ4n) is 1.26. The minimum atomic E-state index is -0.0512. The van der Waals surface area contributed by atoms with E-state index in [9.17, 15) is 0 Å². The molecule has 0 bridgehead atoms. The molecule has 1 aromatic carbocycles. The number of aliphatic hydroxyl groups excluding tert-OH is 1. The van der Waals surface area contributed by atoms with Gasteiger partial charge in [0.05, 0.1) is 12.6 Å². The summed E-state index contributed by atoms with van der Waals surface area (Å²) in [6, 6.07) is 5.04. The van der Waals surface area contributed by atoms with Gasteiger partial charge in [0.1, 0.15) is 0 Å². The monoisotopic (exact) mass is 292 g/mol. The Bertz CT molecular complexity index is 377. The Balaban J connectivity index is 2.61. The number of nitrogens with one attached hydrogen (secondary N) is 2. The molecule has 94 valence electrons. The fourth-order valence-corrected chi connectivity index (χ4v) is 2.07. The number of rotatable bonds is 4. The van der Waals surface area contributed by atoms with Gasteiger partial charge < -0.3 is 15.7 Å². The lowest BCUT2D eigenvalue weighted by Gasteiger charge is -2.17. The van der Waals surface area contributed by atoms with Crippen molar-refractivity contribution in [1.82, 2.24) is 5.32 Å². The van der Waals surface area contributed by atoms with Crippen LogP contribution in [-0.2, 0) is 0 Å². The Kier molecular flexibility index (Phi) is 5.98. The molecule has 3 N–H and O–H groups in total. The zero-order valence-electron chi connectivity index (χ0n) is 9.34. The summed E-state index contributed by atoms with van der Waals surface area (Å²) in [6.45, 7) is 2.00. The highest BCUT2D eigenvalue weighted by Gasteiger charge is 2.06. The van der Waals surface area contributed by atoms with E-state index in [1.165, 1.54) is 0 Å². The summed E-state index contributed by atoms with van der Waals surface area (Å²) in [4.78, 5) is 0. The highest BCUT2D eigenvalue weighted by atomic mass is 35.5. The largest absolute Gasteiger partial charge is 0.394 e. The van der Waals surface area contributed by atoms with Crippen molar-refractivity contribution < 1.29 is 5.11 Å². The van der Waals surface area contributed by atoms with Crippen LogP contribution >= 0.6 is 35.4 Å². The van der Waals surface area contributed by atoms with Crippen LogP contribution in [0.15, 0.2) is 18.2 Å². The zero-order valence-corrected chi connectivity index (χ0v) is 11.7. The highest BCUT2D eigenvalue weighted by Crippen LogP contribution is 2.22. The third-order valence-corrected chi connectivity index (χ3v) is 2.83. The van der Waals surface area contributed by atoms with Gasteiger partial charge in [-0.05, 0) is 36.8 Å². The summed E-state index contributed by atoms with van der Waals surface area (Å²) >= 11 is 16.8. The first-order valence-electron chi connectivity index (χ1n) is 5.19. The van der Waals surface area contributed by atoms with Crippen LogP contribution in [0.4, 0.5) is 5.69 Å². The second-order valence-electron chi connectivity index (χ2n) is 3.54. The summed E-state index contributed by atoms with van der Waals surface area (Å²) in [5.41, 5.74) is 0.716. The van der Waals surface area contributed by atoms with Crippen LogP contribution in [0.1, 0.15) is 13.3 Å². The summed E-state index contributed by atoms with van der Waals surface area (Å²) < 4.78 is 0. The van der Waals surface area contributed by atoms with Crippen molar-refractivity contribution in [3.8, 4) is 0 Å². The van der Waals surface area contributed by atoms with E-state index < -0.39 is 0 Å². The normalized spacial score (nSPS) is 12.0. The number of hydrogen-bond acceptors (Lipinski definition) is 2. The molecule has 1 atom stereocenters. The predicted molar refractivity (Wildman–Crippen MR) is 77.0 cm³/mol. The molecule has 1 rings (SSSR count). The number of thiocarbonyl (C=S) groups is 1. The van der Waals surface area contributed by atoms with E-state index in [1.54, 1.807) is 18.2 Å². The third kappa shape index (κ3) is 5.08. The molecule has 0 saturated carbocycles. The van der Waals surface area contributed by atoms with Crippen LogP contribution in [0.25, 0.3) is 0 Å². The van der Waals surface area contributed by atoms with E-state index in [1.807, 2.05) is 6.92 Å². The maximum Gasteiger partial charge on any atom is 0.171 e. The number of anilines is 1. The lowest BCUT2D eigenvalue weighted by Crippen LogP contribution is -2.39. The second kappa shape index (κ2) is 7.01. The van der Waals surface area contributed by atoms with Crippen molar-refractivity contribution >= 4 is 46.2 Å². The molecule has 6 heteroatoms. The van der Waals surface area contributed by atoms with Crippen molar-refractivity contribution in [3.63, 3.8) is 0 Å².